The van der Waals surface area contributed by atoms with Crippen molar-refractivity contribution in [3.05, 3.63) is 99.5 Å². The SMILES string of the molecule is CC(C)(C)c1ccc(C(=O)N/N=C/c2cc(Br)ccc2OC(=O)c2ccccc2)cc1. The largest absolute Gasteiger partial charge is 0.422 e. The lowest BCUT2D eigenvalue weighted by molar-refractivity contribution is 0.0734. The Balaban J connectivity index is 1.71. The number of hydrazone groups is 1. The number of carbonyl (C=O) groups excluding carboxylic acids is 2. The summed E-state index contributed by atoms with van der Waals surface area (Å²) in [6, 6.07) is 21.3. The van der Waals surface area contributed by atoms with E-state index in [4.69, 9.17) is 4.74 Å². The lowest BCUT2D eigenvalue weighted by Gasteiger charge is -2.18. The Hall–Kier alpha value is -3.25. The minimum atomic E-state index is -0.472. The molecule has 3 aromatic carbocycles. The minimum Gasteiger partial charge on any atom is -0.422 e. The standard InChI is InChI=1S/C25H23BrN2O3/c1-25(2,3)20-11-9-17(10-12-20)23(29)28-27-16-19-15-21(26)13-14-22(19)31-24(30)18-7-5-4-6-8-18/h4-16H,1-3H3,(H,28,29)/b27-16+. The fourth-order valence-electron chi connectivity index (χ4n) is 2.79. The van der Waals surface area contributed by atoms with Crippen LogP contribution in [0.4, 0.5) is 0 Å². The number of nitrogens with one attached hydrogen (secondary N) is 1. The number of benzene rings is 3. The number of ether oxygens (including phenoxy) is 1. The van der Waals surface area contributed by atoms with Gasteiger partial charge in [-0.25, -0.2) is 10.2 Å². The molecule has 0 bridgehead atoms. The van der Waals surface area contributed by atoms with Crippen molar-refractivity contribution >= 4 is 34.0 Å². The summed E-state index contributed by atoms with van der Waals surface area (Å²) in [6.45, 7) is 6.35. The van der Waals surface area contributed by atoms with E-state index in [-0.39, 0.29) is 11.3 Å². The summed E-state index contributed by atoms with van der Waals surface area (Å²) in [5, 5.41) is 4.03. The highest BCUT2D eigenvalue weighted by Crippen LogP contribution is 2.23. The highest BCUT2D eigenvalue weighted by atomic mass is 79.9. The number of esters is 1. The smallest absolute Gasteiger partial charge is 0.343 e. The number of hydrogen-bond acceptors (Lipinski definition) is 4. The fraction of sp³-hybridized carbons (Fsp3) is 0.160. The predicted octanol–water partition coefficient (Wildman–Crippen LogP) is 5.73. The van der Waals surface area contributed by atoms with Gasteiger partial charge in [-0.2, -0.15) is 5.10 Å². The van der Waals surface area contributed by atoms with Crippen LogP contribution in [-0.4, -0.2) is 18.1 Å². The third-order valence-corrected chi connectivity index (χ3v) is 5.06. The maximum absolute atomic E-state index is 12.4. The Kier molecular flexibility index (Phi) is 7.02. The second-order valence-electron chi connectivity index (χ2n) is 7.96. The van der Waals surface area contributed by atoms with Crippen molar-refractivity contribution < 1.29 is 14.3 Å². The highest BCUT2D eigenvalue weighted by molar-refractivity contribution is 9.10. The van der Waals surface area contributed by atoms with Gasteiger partial charge in [-0.15, -0.1) is 0 Å². The average Bonchev–Trinajstić information content (AvgIpc) is 2.75. The highest BCUT2D eigenvalue weighted by Gasteiger charge is 2.14. The molecule has 158 valence electrons. The zero-order valence-corrected chi connectivity index (χ0v) is 19.1. The van der Waals surface area contributed by atoms with E-state index in [0.29, 0.717) is 22.4 Å². The van der Waals surface area contributed by atoms with Gasteiger partial charge in [0.15, 0.2) is 0 Å². The van der Waals surface area contributed by atoms with Crippen molar-refractivity contribution in [1.29, 1.82) is 0 Å². The molecule has 0 saturated heterocycles. The third kappa shape index (κ3) is 6.12. The van der Waals surface area contributed by atoms with E-state index < -0.39 is 5.97 Å². The van der Waals surface area contributed by atoms with Crippen LogP contribution in [0.1, 0.15) is 52.6 Å². The zero-order chi connectivity index (χ0) is 22.4. The van der Waals surface area contributed by atoms with Crippen LogP contribution >= 0.6 is 15.9 Å². The zero-order valence-electron chi connectivity index (χ0n) is 17.6. The number of halogens is 1. The summed E-state index contributed by atoms with van der Waals surface area (Å²) in [7, 11) is 0. The Morgan fingerprint density at radius 1 is 0.935 bits per heavy atom. The molecule has 0 aliphatic rings. The maximum Gasteiger partial charge on any atom is 0.343 e. The number of rotatable bonds is 5. The van der Waals surface area contributed by atoms with Gasteiger partial charge >= 0.3 is 5.97 Å². The van der Waals surface area contributed by atoms with Crippen molar-refractivity contribution in [3.8, 4) is 5.75 Å². The number of hydrogen-bond donors (Lipinski definition) is 1. The van der Waals surface area contributed by atoms with Crippen LogP contribution in [0.25, 0.3) is 0 Å². The molecule has 3 aromatic rings. The van der Waals surface area contributed by atoms with Gasteiger partial charge in [0.2, 0.25) is 0 Å². The van der Waals surface area contributed by atoms with Crippen molar-refractivity contribution in [2.24, 2.45) is 5.10 Å². The third-order valence-electron chi connectivity index (χ3n) is 4.57. The van der Waals surface area contributed by atoms with Crippen LogP contribution in [0, 0.1) is 0 Å². The first-order valence-electron chi connectivity index (χ1n) is 9.75. The molecule has 31 heavy (non-hydrogen) atoms. The van der Waals surface area contributed by atoms with E-state index in [1.165, 1.54) is 6.21 Å². The first kappa shape index (κ1) is 22.4. The summed E-state index contributed by atoms with van der Waals surface area (Å²) < 4.78 is 6.30. The molecule has 1 N–H and O–H groups in total. The lowest BCUT2D eigenvalue weighted by Crippen LogP contribution is -2.18. The first-order chi connectivity index (χ1) is 14.7. The molecule has 0 saturated carbocycles. The van der Waals surface area contributed by atoms with E-state index in [0.717, 1.165) is 10.0 Å². The Morgan fingerprint density at radius 3 is 2.26 bits per heavy atom. The molecule has 0 heterocycles. The van der Waals surface area contributed by atoms with Crippen LogP contribution in [0.3, 0.4) is 0 Å². The molecule has 0 fully saturated rings. The average molecular weight is 479 g/mol. The van der Waals surface area contributed by atoms with Gasteiger partial charge in [-0.3, -0.25) is 4.79 Å². The quantitative estimate of drug-likeness (QED) is 0.220. The second kappa shape index (κ2) is 9.71. The van der Waals surface area contributed by atoms with Gasteiger partial charge in [0, 0.05) is 15.6 Å². The monoisotopic (exact) mass is 478 g/mol. The van der Waals surface area contributed by atoms with Crippen LogP contribution in [0.15, 0.2) is 82.4 Å². The van der Waals surface area contributed by atoms with Gasteiger partial charge in [-0.05, 0) is 53.4 Å². The minimum absolute atomic E-state index is 0.0153. The maximum atomic E-state index is 12.4. The van der Waals surface area contributed by atoms with Crippen molar-refractivity contribution in [3.63, 3.8) is 0 Å². The molecular formula is C25H23BrN2O3. The second-order valence-corrected chi connectivity index (χ2v) is 8.88. The molecule has 0 aliphatic carbocycles. The van der Waals surface area contributed by atoms with Crippen LogP contribution in [0.5, 0.6) is 5.75 Å². The van der Waals surface area contributed by atoms with Crippen LogP contribution in [-0.2, 0) is 5.41 Å². The molecule has 0 atom stereocenters. The van der Waals surface area contributed by atoms with E-state index in [9.17, 15) is 9.59 Å². The molecule has 0 spiro atoms. The summed E-state index contributed by atoms with van der Waals surface area (Å²) in [6.07, 6.45) is 1.44. The van der Waals surface area contributed by atoms with Crippen molar-refractivity contribution in [2.75, 3.05) is 0 Å². The molecular weight excluding hydrogens is 456 g/mol. The van der Waals surface area contributed by atoms with Gasteiger partial charge in [0.05, 0.1) is 11.8 Å². The van der Waals surface area contributed by atoms with E-state index in [2.05, 4.69) is 47.2 Å². The molecule has 6 heteroatoms. The Labute approximate surface area is 190 Å². The van der Waals surface area contributed by atoms with Gasteiger partial charge in [-0.1, -0.05) is 67.0 Å². The summed E-state index contributed by atoms with van der Waals surface area (Å²) in [4.78, 5) is 24.8. The van der Waals surface area contributed by atoms with Gasteiger partial charge in [0.25, 0.3) is 5.91 Å². The van der Waals surface area contributed by atoms with E-state index >= 15 is 0 Å². The molecule has 0 aromatic heterocycles. The lowest BCUT2D eigenvalue weighted by atomic mass is 9.87. The first-order valence-corrected chi connectivity index (χ1v) is 10.5. The molecule has 0 aliphatic heterocycles. The molecule has 5 nitrogen and oxygen atoms in total. The predicted molar refractivity (Wildman–Crippen MR) is 126 cm³/mol. The van der Waals surface area contributed by atoms with Crippen LogP contribution < -0.4 is 10.2 Å². The van der Waals surface area contributed by atoms with Gasteiger partial charge < -0.3 is 4.74 Å². The Bertz CT molecular complexity index is 1100. The molecule has 1 amide bonds. The molecule has 0 radical (unpaired) electrons. The van der Waals surface area contributed by atoms with E-state index in [1.54, 1.807) is 54.6 Å². The number of carbonyl (C=O) groups is 2. The molecule has 0 unspecified atom stereocenters. The number of amides is 1. The number of nitrogens with zero attached hydrogens (tertiary/aromatic N) is 1. The Morgan fingerprint density at radius 2 is 1.61 bits per heavy atom. The summed E-state index contributed by atoms with van der Waals surface area (Å²) in [5.41, 5.74) is 5.17. The normalized spacial score (nSPS) is 11.4. The van der Waals surface area contributed by atoms with Gasteiger partial charge in [0.1, 0.15) is 5.75 Å². The van der Waals surface area contributed by atoms with Crippen LogP contribution in [0.2, 0.25) is 0 Å². The molecule has 3 rings (SSSR count). The van der Waals surface area contributed by atoms with E-state index in [1.807, 2.05) is 18.2 Å². The topological polar surface area (TPSA) is 67.8 Å². The summed E-state index contributed by atoms with van der Waals surface area (Å²) in [5.74, 6) is -0.459. The van der Waals surface area contributed by atoms with Crippen molar-refractivity contribution in [1.82, 2.24) is 5.43 Å². The fourth-order valence-corrected chi connectivity index (χ4v) is 3.17. The summed E-state index contributed by atoms with van der Waals surface area (Å²) >= 11 is 3.40. The van der Waals surface area contributed by atoms with Crippen molar-refractivity contribution in [2.45, 2.75) is 26.2 Å².